The molecule has 0 unspecified atom stereocenters. The highest BCUT2D eigenvalue weighted by atomic mass is 16.3. The topological polar surface area (TPSA) is 57.5 Å². The molecule has 0 aromatic carbocycles. The van der Waals surface area contributed by atoms with E-state index in [0.29, 0.717) is 30.0 Å². The number of ketones is 1. The summed E-state index contributed by atoms with van der Waals surface area (Å²) in [5.41, 5.74) is -0.546. The van der Waals surface area contributed by atoms with Gasteiger partial charge in [0.05, 0.1) is 11.7 Å². The van der Waals surface area contributed by atoms with E-state index in [-0.39, 0.29) is 22.9 Å². The molecule has 2 N–H and O–H groups in total. The molecule has 0 aromatic heterocycles. The Labute approximate surface area is 146 Å². The number of rotatable bonds is 1. The van der Waals surface area contributed by atoms with Crippen LogP contribution in [-0.4, -0.2) is 27.7 Å². The number of Topliss-reactive ketones (excluding diaryl/α,β-unsaturated/α-hetero) is 1. The van der Waals surface area contributed by atoms with Crippen molar-refractivity contribution >= 4 is 5.78 Å². The van der Waals surface area contributed by atoms with Gasteiger partial charge in [-0.25, -0.2) is 0 Å². The van der Waals surface area contributed by atoms with Crippen molar-refractivity contribution in [3.63, 3.8) is 0 Å². The molecule has 8 atom stereocenters. The van der Waals surface area contributed by atoms with Crippen LogP contribution in [0.15, 0.2) is 0 Å². The summed E-state index contributed by atoms with van der Waals surface area (Å²) in [7, 11) is 0. The second-order valence-corrected chi connectivity index (χ2v) is 10.0. The highest BCUT2D eigenvalue weighted by molar-refractivity contribution is 5.79. The number of carbonyl (C=O) groups excluding carboxylic acids is 1. The summed E-state index contributed by atoms with van der Waals surface area (Å²) < 4.78 is 0. The smallest absolute Gasteiger partial charge is 0.133 e. The SMILES string of the molecule is CC(=O)[C@H]1CC[C@H]2[C@@H]3CC[C@@]4(O)C[C@H](O)CC[C@]4(C)[C@H]3CC[C@]12C. The van der Waals surface area contributed by atoms with E-state index in [1.165, 1.54) is 6.42 Å². The lowest BCUT2D eigenvalue weighted by Gasteiger charge is -2.63. The van der Waals surface area contributed by atoms with Crippen LogP contribution in [0.25, 0.3) is 0 Å². The van der Waals surface area contributed by atoms with Gasteiger partial charge in [-0.2, -0.15) is 0 Å². The first-order valence-corrected chi connectivity index (χ1v) is 10.1. The molecule has 4 saturated carbocycles. The standard InChI is InChI=1S/C21H34O3/c1-13(22)16-4-5-17-15-7-11-21(24)12-14(23)6-10-20(21,3)18(15)8-9-19(16,17)2/h14-18,23-24H,4-12H2,1-3H3/t14-,15+,16-,17+,18+,19-,20-,21-/m1/s1. The van der Waals surface area contributed by atoms with E-state index in [0.717, 1.165) is 44.9 Å². The molecule has 3 heteroatoms. The van der Waals surface area contributed by atoms with Crippen molar-refractivity contribution in [3.8, 4) is 0 Å². The summed E-state index contributed by atoms with van der Waals surface area (Å²) in [5.74, 6) is 2.52. The van der Waals surface area contributed by atoms with E-state index < -0.39 is 5.60 Å². The average Bonchev–Trinajstić information content (AvgIpc) is 2.86. The summed E-state index contributed by atoms with van der Waals surface area (Å²) in [6, 6.07) is 0. The van der Waals surface area contributed by atoms with Gasteiger partial charge in [0, 0.05) is 12.3 Å². The fourth-order valence-electron chi connectivity index (χ4n) is 7.90. The van der Waals surface area contributed by atoms with Crippen LogP contribution in [0.3, 0.4) is 0 Å². The Morgan fingerprint density at radius 1 is 0.958 bits per heavy atom. The number of hydrogen-bond donors (Lipinski definition) is 2. The average molecular weight is 335 g/mol. The third-order valence-corrected chi connectivity index (χ3v) is 9.27. The van der Waals surface area contributed by atoms with Gasteiger partial charge in [-0.05, 0) is 86.9 Å². The molecular formula is C21H34O3. The van der Waals surface area contributed by atoms with Crippen molar-refractivity contribution in [1.82, 2.24) is 0 Å². The van der Waals surface area contributed by atoms with E-state index in [2.05, 4.69) is 13.8 Å². The van der Waals surface area contributed by atoms with Crippen molar-refractivity contribution < 1.29 is 15.0 Å². The Morgan fingerprint density at radius 2 is 1.71 bits per heavy atom. The van der Waals surface area contributed by atoms with E-state index in [1.54, 1.807) is 6.92 Å². The molecule has 4 fully saturated rings. The Bertz CT molecular complexity index is 545. The van der Waals surface area contributed by atoms with E-state index in [9.17, 15) is 15.0 Å². The predicted molar refractivity (Wildman–Crippen MR) is 93.4 cm³/mol. The quantitative estimate of drug-likeness (QED) is 0.768. The minimum atomic E-state index is -0.682. The first-order chi connectivity index (χ1) is 11.2. The maximum absolute atomic E-state index is 12.2. The molecule has 4 rings (SSSR count). The maximum Gasteiger partial charge on any atom is 0.133 e. The summed E-state index contributed by atoms with van der Waals surface area (Å²) in [6.45, 7) is 6.46. The number of hydrogen-bond acceptors (Lipinski definition) is 3. The van der Waals surface area contributed by atoms with Crippen LogP contribution in [0.4, 0.5) is 0 Å². The van der Waals surface area contributed by atoms with Crippen LogP contribution in [0.2, 0.25) is 0 Å². The molecule has 0 bridgehead atoms. The molecule has 136 valence electrons. The molecule has 0 aliphatic heterocycles. The van der Waals surface area contributed by atoms with Gasteiger partial charge < -0.3 is 10.2 Å². The van der Waals surface area contributed by atoms with Crippen molar-refractivity contribution in [2.24, 2.45) is 34.5 Å². The number of carbonyl (C=O) groups is 1. The molecule has 0 heterocycles. The van der Waals surface area contributed by atoms with Crippen LogP contribution >= 0.6 is 0 Å². The van der Waals surface area contributed by atoms with Crippen LogP contribution < -0.4 is 0 Å². The van der Waals surface area contributed by atoms with Crippen molar-refractivity contribution in [2.45, 2.75) is 90.3 Å². The lowest BCUT2D eigenvalue weighted by Crippen LogP contribution is -2.62. The zero-order valence-corrected chi connectivity index (χ0v) is 15.6. The van der Waals surface area contributed by atoms with Gasteiger partial charge in [0.15, 0.2) is 0 Å². The number of fused-ring (bicyclic) bond motifs is 5. The molecule has 0 amide bonds. The number of aliphatic hydroxyl groups excluding tert-OH is 1. The predicted octanol–water partition coefficient (Wildman–Crippen LogP) is 3.71. The van der Waals surface area contributed by atoms with Gasteiger partial charge in [0.25, 0.3) is 0 Å². The minimum absolute atomic E-state index is 0.0508. The molecule has 4 aliphatic carbocycles. The summed E-state index contributed by atoms with van der Waals surface area (Å²) >= 11 is 0. The Kier molecular flexibility index (Phi) is 3.76. The number of aliphatic hydroxyl groups is 2. The Balaban J connectivity index is 1.65. The molecule has 0 aromatic rings. The highest BCUT2D eigenvalue weighted by Gasteiger charge is 2.64. The Morgan fingerprint density at radius 3 is 2.42 bits per heavy atom. The van der Waals surface area contributed by atoms with Gasteiger partial charge in [-0.15, -0.1) is 0 Å². The van der Waals surface area contributed by atoms with Gasteiger partial charge in [0.2, 0.25) is 0 Å². The van der Waals surface area contributed by atoms with E-state index in [1.807, 2.05) is 0 Å². The van der Waals surface area contributed by atoms with Crippen LogP contribution in [0, 0.1) is 34.5 Å². The highest BCUT2D eigenvalue weighted by Crippen LogP contribution is 2.68. The van der Waals surface area contributed by atoms with Crippen LogP contribution in [0.1, 0.15) is 78.6 Å². The second kappa shape index (κ2) is 5.30. The van der Waals surface area contributed by atoms with Gasteiger partial charge in [0.1, 0.15) is 5.78 Å². The van der Waals surface area contributed by atoms with Gasteiger partial charge in [-0.3, -0.25) is 4.79 Å². The molecule has 3 nitrogen and oxygen atoms in total. The molecule has 0 saturated heterocycles. The lowest BCUT2D eigenvalue weighted by molar-refractivity contribution is -0.219. The zero-order valence-electron chi connectivity index (χ0n) is 15.6. The largest absolute Gasteiger partial charge is 0.393 e. The minimum Gasteiger partial charge on any atom is -0.393 e. The van der Waals surface area contributed by atoms with Gasteiger partial charge >= 0.3 is 0 Å². The first kappa shape index (κ1) is 17.0. The third kappa shape index (κ3) is 2.06. The maximum atomic E-state index is 12.2. The Hall–Kier alpha value is -0.410. The normalized spacial score (nSPS) is 57.0. The van der Waals surface area contributed by atoms with E-state index >= 15 is 0 Å². The molecule has 4 aliphatic rings. The molecule has 0 spiro atoms. The van der Waals surface area contributed by atoms with E-state index in [4.69, 9.17) is 0 Å². The van der Waals surface area contributed by atoms with Crippen LogP contribution in [0.5, 0.6) is 0 Å². The lowest BCUT2D eigenvalue weighted by atomic mass is 9.43. The summed E-state index contributed by atoms with van der Waals surface area (Å²) in [5, 5.41) is 21.5. The fourth-order valence-corrected chi connectivity index (χ4v) is 7.90. The van der Waals surface area contributed by atoms with Crippen molar-refractivity contribution in [1.29, 1.82) is 0 Å². The second-order valence-electron chi connectivity index (χ2n) is 10.0. The molecular weight excluding hydrogens is 300 g/mol. The van der Waals surface area contributed by atoms with Crippen LogP contribution in [-0.2, 0) is 4.79 Å². The van der Waals surface area contributed by atoms with Crippen molar-refractivity contribution in [3.05, 3.63) is 0 Å². The van der Waals surface area contributed by atoms with Crippen molar-refractivity contribution in [2.75, 3.05) is 0 Å². The fraction of sp³-hybridized carbons (Fsp3) is 0.952. The first-order valence-electron chi connectivity index (χ1n) is 10.1. The summed E-state index contributed by atoms with van der Waals surface area (Å²) in [6.07, 6.45) is 8.47. The molecule has 0 radical (unpaired) electrons. The molecule has 24 heavy (non-hydrogen) atoms. The monoisotopic (exact) mass is 334 g/mol. The third-order valence-electron chi connectivity index (χ3n) is 9.27. The summed E-state index contributed by atoms with van der Waals surface area (Å²) in [4.78, 5) is 12.2. The zero-order chi connectivity index (χ0) is 17.3. The van der Waals surface area contributed by atoms with Gasteiger partial charge in [-0.1, -0.05) is 13.8 Å².